The predicted molar refractivity (Wildman–Crippen MR) is 104 cm³/mol. The Labute approximate surface area is 160 Å². The number of aromatic nitrogens is 2. The molecule has 4 aromatic rings. The zero-order valence-electron chi connectivity index (χ0n) is 14.7. The molecule has 0 saturated carbocycles. The Balaban J connectivity index is 1.73. The lowest BCUT2D eigenvalue weighted by atomic mass is 10.2. The van der Waals surface area contributed by atoms with Crippen LogP contribution in [0, 0.1) is 0 Å². The fourth-order valence-electron chi connectivity index (χ4n) is 2.72. The van der Waals surface area contributed by atoms with E-state index in [2.05, 4.69) is 10.1 Å². The minimum Gasteiger partial charge on any atom is -0.494 e. The molecule has 0 radical (unpaired) electrons. The van der Waals surface area contributed by atoms with Crippen molar-refractivity contribution >= 4 is 32.6 Å². The minimum absolute atomic E-state index is 0.181. The van der Waals surface area contributed by atoms with Crippen LogP contribution in [0.25, 0.3) is 10.2 Å². The molecule has 0 aliphatic carbocycles. The van der Waals surface area contributed by atoms with Crippen LogP contribution in [-0.2, 0) is 6.54 Å². The predicted octanol–water partition coefficient (Wildman–Crippen LogP) is 4.53. The number of anilines is 1. The summed E-state index contributed by atoms with van der Waals surface area (Å²) in [6.07, 6.45) is 1.46. The maximum absolute atomic E-state index is 13.0. The third kappa shape index (κ3) is 3.68. The molecule has 0 saturated heterocycles. The van der Waals surface area contributed by atoms with Gasteiger partial charge >= 0.3 is 0 Å². The molecule has 0 fully saturated rings. The molecule has 6 nitrogen and oxygen atoms in total. The first-order valence-corrected chi connectivity index (χ1v) is 9.36. The second-order valence-corrected chi connectivity index (χ2v) is 6.82. The van der Waals surface area contributed by atoms with Crippen molar-refractivity contribution < 1.29 is 14.1 Å². The van der Waals surface area contributed by atoms with Gasteiger partial charge in [0.25, 0.3) is 5.91 Å². The van der Waals surface area contributed by atoms with E-state index in [1.54, 1.807) is 11.0 Å². The first-order valence-electron chi connectivity index (χ1n) is 8.54. The van der Waals surface area contributed by atoms with Gasteiger partial charge in [0, 0.05) is 6.07 Å². The summed E-state index contributed by atoms with van der Waals surface area (Å²) >= 11 is 1.44. The zero-order valence-corrected chi connectivity index (χ0v) is 15.5. The van der Waals surface area contributed by atoms with E-state index in [9.17, 15) is 4.79 Å². The number of carbonyl (C=O) groups excluding carboxylic acids is 1. The van der Waals surface area contributed by atoms with Crippen molar-refractivity contribution in [3.05, 3.63) is 72.1 Å². The fraction of sp³-hybridized carbons (Fsp3) is 0.150. The normalized spacial score (nSPS) is 10.9. The lowest BCUT2D eigenvalue weighted by molar-refractivity contribution is 0.0949. The monoisotopic (exact) mass is 379 g/mol. The fourth-order valence-corrected chi connectivity index (χ4v) is 3.71. The summed E-state index contributed by atoms with van der Waals surface area (Å²) in [6, 6.07) is 17.1. The maximum Gasteiger partial charge on any atom is 0.298 e. The van der Waals surface area contributed by atoms with E-state index in [1.165, 1.54) is 17.5 Å². The molecule has 27 heavy (non-hydrogen) atoms. The van der Waals surface area contributed by atoms with Crippen molar-refractivity contribution in [1.82, 2.24) is 10.1 Å². The number of hydrogen-bond acceptors (Lipinski definition) is 6. The largest absolute Gasteiger partial charge is 0.494 e. The Morgan fingerprint density at radius 1 is 1.19 bits per heavy atom. The van der Waals surface area contributed by atoms with Crippen molar-refractivity contribution in [3.8, 4) is 5.75 Å². The molecule has 0 unspecified atom stereocenters. The molecule has 0 N–H and O–H groups in total. The number of ether oxygens (including phenoxy) is 1. The Kier molecular flexibility index (Phi) is 4.84. The number of amides is 1. The van der Waals surface area contributed by atoms with E-state index in [1.807, 2.05) is 55.5 Å². The Morgan fingerprint density at radius 3 is 2.78 bits per heavy atom. The van der Waals surface area contributed by atoms with E-state index in [0.717, 1.165) is 21.5 Å². The number of thiazole rings is 1. The van der Waals surface area contributed by atoms with Crippen LogP contribution in [0.15, 0.2) is 65.3 Å². The third-order valence-electron chi connectivity index (χ3n) is 3.97. The van der Waals surface area contributed by atoms with Crippen LogP contribution in [-0.4, -0.2) is 22.7 Å². The van der Waals surface area contributed by atoms with Gasteiger partial charge in [0.1, 0.15) is 5.75 Å². The first-order chi connectivity index (χ1) is 13.2. The van der Waals surface area contributed by atoms with E-state index in [-0.39, 0.29) is 11.7 Å². The van der Waals surface area contributed by atoms with Crippen molar-refractivity contribution in [2.24, 2.45) is 0 Å². The second kappa shape index (κ2) is 7.59. The van der Waals surface area contributed by atoms with Crippen molar-refractivity contribution in [1.29, 1.82) is 0 Å². The van der Waals surface area contributed by atoms with Gasteiger partial charge in [-0.05, 0) is 30.7 Å². The van der Waals surface area contributed by atoms with Crippen LogP contribution in [0.1, 0.15) is 23.0 Å². The summed E-state index contributed by atoms with van der Waals surface area (Å²) in [6.45, 7) is 2.93. The highest BCUT2D eigenvalue weighted by Crippen LogP contribution is 2.33. The van der Waals surface area contributed by atoms with Crippen LogP contribution in [0.3, 0.4) is 0 Å². The van der Waals surface area contributed by atoms with E-state index in [4.69, 9.17) is 9.26 Å². The van der Waals surface area contributed by atoms with E-state index in [0.29, 0.717) is 18.3 Å². The maximum atomic E-state index is 13.0. The van der Waals surface area contributed by atoms with Crippen LogP contribution < -0.4 is 9.64 Å². The molecule has 0 aliphatic rings. The Morgan fingerprint density at radius 2 is 2.04 bits per heavy atom. The van der Waals surface area contributed by atoms with Gasteiger partial charge in [-0.1, -0.05) is 46.8 Å². The SMILES string of the molecule is CCOc1ccc2nc(N(Cc3ccccc3)C(=O)c3ccno3)sc2c1. The summed E-state index contributed by atoms with van der Waals surface area (Å²) < 4.78 is 11.6. The Bertz CT molecular complexity index is 1040. The Hall–Kier alpha value is -3.19. The number of carbonyl (C=O) groups is 1. The summed E-state index contributed by atoms with van der Waals surface area (Å²) in [5.41, 5.74) is 1.82. The molecule has 2 aromatic heterocycles. The third-order valence-corrected chi connectivity index (χ3v) is 5.01. The van der Waals surface area contributed by atoms with E-state index < -0.39 is 0 Å². The average molecular weight is 379 g/mol. The molecule has 0 atom stereocenters. The summed E-state index contributed by atoms with van der Waals surface area (Å²) in [5, 5.41) is 4.25. The summed E-state index contributed by atoms with van der Waals surface area (Å²) in [5.74, 6) is 0.692. The first kappa shape index (κ1) is 17.2. The highest BCUT2D eigenvalue weighted by Gasteiger charge is 2.24. The van der Waals surface area contributed by atoms with Crippen LogP contribution in [0.5, 0.6) is 5.75 Å². The zero-order chi connectivity index (χ0) is 18.6. The molecule has 0 spiro atoms. The molecule has 0 bridgehead atoms. The average Bonchev–Trinajstić information content (AvgIpc) is 3.36. The summed E-state index contributed by atoms with van der Waals surface area (Å²) in [4.78, 5) is 19.3. The van der Waals surface area contributed by atoms with Crippen LogP contribution in [0.4, 0.5) is 5.13 Å². The van der Waals surface area contributed by atoms with Gasteiger partial charge in [0.15, 0.2) is 5.13 Å². The molecular weight excluding hydrogens is 362 g/mol. The van der Waals surface area contributed by atoms with Gasteiger partial charge in [-0.2, -0.15) is 0 Å². The van der Waals surface area contributed by atoms with E-state index >= 15 is 0 Å². The molecule has 136 valence electrons. The molecule has 2 heterocycles. The molecule has 4 rings (SSSR count). The minimum atomic E-state index is -0.277. The van der Waals surface area contributed by atoms with Gasteiger partial charge in [0.05, 0.1) is 29.6 Å². The van der Waals surface area contributed by atoms with Crippen LogP contribution in [0.2, 0.25) is 0 Å². The molecule has 1 amide bonds. The van der Waals surface area contributed by atoms with Gasteiger partial charge in [-0.25, -0.2) is 4.98 Å². The highest BCUT2D eigenvalue weighted by molar-refractivity contribution is 7.22. The quantitative estimate of drug-likeness (QED) is 0.492. The number of fused-ring (bicyclic) bond motifs is 1. The topological polar surface area (TPSA) is 68.5 Å². The van der Waals surface area contributed by atoms with Crippen molar-refractivity contribution in [2.75, 3.05) is 11.5 Å². The number of nitrogens with zero attached hydrogens (tertiary/aromatic N) is 3. The number of benzene rings is 2. The molecule has 7 heteroatoms. The van der Waals surface area contributed by atoms with Crippen molar-refractivity contribution in [2.45, 2.75) is 13.5 Å². The highest BCUT2D eigenvalue weighted by atomic mass is 32.1. The molecular formula is C20H17N3O3S. The van der Waals surface area contributed by atoms with Gasteiger partial charge < -0.3 is 9.26 Å². The molecule has 0 aliphatic heterocycles. The lowest BCUT2D eigenvalue weighted by Crippen LogP contribution is -2.30. The second-order valence-electron chi connectivity index (χ2n) is 5.81. The number of hydrogen-bond donors (Lipinski definition) is 0. The van der Waals surface area contributed by atoms with Crippen LogP contribution >= 0.6 is 11.3 Å². The van der Waals surface area contributed by atoms with Crippen molar-refractivity contribution in [3.63, 3.8) is 0 Å². The smallest absolute Gasteiger partial charge is 0.298 e. The van der Waals surface area contributed by atoms with Gasteiger partial charge in [-0.3, -0.25) is 9.69 Å². The van der Waals surface area contributed by atoms with Gasteiger partial charge in [-0.15, -0.1) is 0 Å². The number of rotatable bonds is 6. The lowest BCUT2D eigenvalue weighted by Gasteiger charge is -2.18. The summed E-state index contributed by atoms with van der Waals surface area (Å²) in [7, 11) is 0. The standard InChI is InChI=1S/C20H17N3O3S/c1-2-25-15-8-9-16-18(12-15)27-20(22-16)23(13-14-6-4-3-5-7-14)19(24)17-10-11-21-26-17/h3-12H,2,13H2,1H3. The van der Waals surface area contributed by atoms with Gasteiger partial charge in [0.2, 0.25) is 5.76 Å². The molecule has 2 aromatic carbocycles.